The van der Waals surface area contributed by atoms with Crippen molar-refractivity contribution in [3.63, 3.8) is 0 Å². The van der Waals surface area contributed by atoms with E-state index >= 15 is 0 Å². The first-order valence-electron chi connectivity index (χ1n) is 11.8. The zero-order chi connectivity index (χ0) is 24.1. The van der Waals surface area contributed by atoms with Gasteiger partial charge in [-0.2, -0.15) is 0 Å². The van der Waals surface area contributed by atoms with Crippen LogP contribution in [0.3, 0.4) is 0 Å². The standard InChI is InChI=1S/C25H31Cl2N3O3S/c26-23-10-9-22(24(27)14-23)18-34(32,33)30-13-3-4-21(17-30)25(31)28-15-19-5-7-20(8-6-19)16-29-11-1-2-12-29/h5-10,14,21H,1-4,11-13,15-18H2,(H,28,31). The molecule has 1 unspecified atom stereocenters. The Labute approximate surface area is 212 Å². The molecule has 34 heavy (non-hydrogen) atoms. The molecular formula is C25H31Cl2N3O3S. The van der Waals surface area contributed by atoms with Gasteiger partial charge in [0, 0.05) is 36.2 Å². The number of piperidine rings is 1. The predicted octanol–water partition coefficient (Wildman–Crippen LogP) is 4.45. The molecular weight excluding hydrogens is 493 g/mol. The van der Waals surface area contributed by atoms with Crippen LogP contribution in [0.2, 0.25) is 10.0 Å². The van der Waals surface area contributed by atoms with Crippen LogP contribution in [-0.2, 0) is 33.7 Å². The monoisotopic (exact) mass is 523 g/mol. The van der Waals surface area contributed by atoms with Gasteiger partial charge in [0.15, 0.2) is 0 Å². The SMILES string of the molecule is O=C(NCc1ccc(CN2CCCC2)cc1)C1CCCN(S(=O)(=O)Cc2ccc(Cl)cc2Cl)C1. The van der Waals surface area contributed by atoms with Crippen LogP contribution in [0.4, 0.5) is 0 Å². The first kappa shape index (κ1) is 25.5. The molecule has 0 spiro atoms. The summed E-state index contributed by atoms with van der Waals surface area (Å²) in [5, 5.41) is 3.78. The number of nitrogens with one attached hydrogen (secondary N) is 1. The summed E-state index contributed by atoms with van der Waals surface area (Å²) in [5.74, 6) is -0.676. The minimum absolute atomic E-state index is 0.106. The second kappa shape index (κ2) is 11.4. The molecule has 2 aromatic rings. The highest BCUT2D eigenvalue weighted by Gasteiger charge is 2.32. The molecule has 2 aliphatic heterocycles. The Hall–Kier alpha value is -1.64. The summed E-state index contributed by atoms with van der Waals surface area (Å²) < 4.78 is 27.4. The fraction of sp³-hybridized carbons (Fsp3) is 0.480. The van der Waals surface area contributed by atoms with Crippen molar-refractivity contribution in [3.05, 3.63) is 69.2 Å². The van der Waals surface area contributed by atoms with E-state index in [0.717, 1.165) is 12.1 Å². The number of hydrogen-bond donors (Lipinski definition) is 1. The fourth-order valence-electron chi connectivity index (χ4n) is 4.63. The average molecular weight is 525 g/mol. The first-order valence-corrected chi connectivity index (χ1v) is 14.2. The maximum absolute atomic E-state index is 13.0. The van der Waals surface area contributed by atoms with Crippen LogP contribution in [0.5, 0.6) is 0 Å². The largest absolute Gasteiger partial charge is 0.352 e. The zero-order valence-electron chi connectivity index (χ0n) is 19.2. The number of rotatable bonds is 8. The number of halogens is 2. The molecule has 0 saturated carbocycles. The molecule has 0 aromatic heterocycles. The molecule has 1 amide bonds. The van der Waals surface area contributed by atoms with Crippen LogP contribution in [0.25, 0.3) is 0 Å². The van der Waals surface area contributed by atoms with Gasteiger partial charge in [-0.3, -0.25) is 9.69 Å². The Bertz CT molecular complexity index is 1100. The van der Waals surface area contributed by atoms with Crippen LogP contribution in [0.1, 0.15) is 42.4 Å². The summed E-state index contributed by atoms with van der Waals surface area (Å²) in [6.45, 7) is 4.34. The molecule has 6 nitrogen and oxygen atoms in total. The molecule has 1 atom stereocenters. The maximum Gasteiger partial charge on any atom is 0.224 e. The van der Waals surface area contributed by atoms with E-state index in [2.05, 4.69) is 34.5 Å². The molecule has 0 bridgehead atoms. The van der Waals surface area contributed by atoms with Crippen molar-refractivity contribution in [2.45, 2.75) is 44.5 Å². The summed E-state index contributed by atoms with van der Waals surface area (Å²) in [4.78, 5) is 15.3. The van der Waals surface area contributed by atoms with Crippen LogP contribution in [0, 0.1) is 5.92 Å². The summed E-state index contributed by atoms with van der Waals surface area (Å²) in [6, 6.07) is 13.2. The summed E-state index contributed by atoms with van der Waals surface area (Å²) in [5.41, 5.74) is 2.83. The Morgan fingerprint density at radius 2 is 1.68 bits per heavy atom. The van der Waals surface area contributed by atoms with Gasteiger partial charge in [-0.05, 0) is 67.6 Å². The zero-order valence-corrected chi connectivity index (χ0v) is 21.5. The molecule has 2 aliphatic rings. The van der Waals surface area contributed by atoms with Gasteiger partial charge in [0.1, 0.15) is 0 Å². The topological polar surface area (TPSA) is 69.7 Å². The van der Waals surface area contributed by atoms with E-state index in [1.54, 1.807) is 18.2 Å². The fourth-order valence-corrected chi connectivity index (χ4v) is 6.83. The average Bonchev–Trinajstić information content (AvgIpc) is 3.33. The third-order valence-electron chi connectivity index (χ3n) is 6.60. The van der Waals surface area contributed by atoms with E-state index < -0.39 is 10.0 Å². The molecule has 2 heterocycles. The second-order valence-corrected chi connectivity index (χ2v) is 12.0. The third kappa shape index (κ3) is 6.73. The van der Waals surface area contributed by atoms with Crippen molar-refractivity contribution in [2.24, 2.45) is 5.92 Å². The number of likely N-dealkylation sites (tertiary alicyclic amines) is 1. The van der Waals surface area contributed by atoms with E-state index in [1.807, 2.05) is 0 Å². The highest BCUT2D eigenvalue weighted by Crippen LogP contribution is 2.26. The minimum Gasteiger partial charge on any atom is -0.352 e. The number of carbonyl (C=O) groups excluding carboxylic acids is 1. The molecule has 2 fully saturated rings. The lowest BCUT2D eigenvalue weighted by molar-refractivity contribution is -0.126. The molecule has 0 radical (unpaired) electrons. The predicted molar refractivity (Wildman–Crippen MR) is 136 cm³/mol. The van der Waals surface area contributed by atoms with Gasteiger partial charge in [0.2, 0.25) is 15.9 Å². The number of benzene rings is 2. The van der Waals surface area contributed by atoms with Crippen LogP contribution in [0.15, 0.2) is 42.5 Å². The van der Waals surface area contributed by atoms with E-state index in [9.17, 15) is 13.2 Å². The van der Waals surface area contributed by atoms with Gasteiger partial charge >= 0.3 is 0 Å². The molecule has 0 aliphatic carbocycles. The highest BCUT2D eigenvalue weighted by atomic mass is 35.5. The van der Waals surface area contributed by atoms with Crippen molar-refractivity contribution in [1.29, 1.82) is 0 Å². The molecule has 9 heteroatoms. The number of carbonyl (C=O) groups is 1. The molecule has 184 valence electrons. The lowest BCUT2D eigenvalue weighted by Crippen LogP contribution is -2.45. The van der Waals surface area contributed by atoms with Crippen molar-refractivity contribution < 1.29 is 13.2 Å². The Kier molecular flexibility index (Phi) is 8.53. The summed E-state index contributed by atoms with van der Waals surface area (Å²) in [7, 11) is -3.60. The van der Waals surface area contributed by atoms with E-state index in [1.165, 1.54) is 35.8 Å². The summed E-state index contributed by atoms with van der Waals surface area (Å²) in [6.07, 6.45) is 3.88. The maximum atomic E-state index is 13.0. The van der Waals surface area contributed by atoms with Crippen LogP contribution < -0.4 is 5.32 Å². The van der Waals surface area contributed by atoms with Crippen molar-refractivity contribution in [3.8, 4) is 0 Å². The van der Waals surface area contributed by atoms with Gasteiger partial charge < -0.3 is 5.32 Å². The van der Waals surface area contributed by atoms with Gasteiger partial charge in [-0.25, -0.2) is 12.7 Å². The Morgan fingerprint density at radius 3 is 2.38 bits per heavy atom. The molecule has 1 N–H and O–H groups in total. The number of nitrogens with zero attached hydrogens (tertiary/aromatic N) is 2. The van der Waals surface area contributed by atoms with Crippen molar-refractivity contribution in [2.75, 3.05) is 26.2 Å². The van der Waals surface area contributed by atoms with Crippen molar-refractivity contribution in [1.82, 2.24) is 14.5 Å². The van der Waals surface area contributed by atoms with Gasteiger partial charge in [0.25, 0.3) is 0 Å². The smallest absolute Gasteiger partial charge is 0.224 e. The van der Waals surface area contributed by atoms with Crippen molar-refractivity contribution >= 4 is 39.1 Å². The number of sulfonamides is 1. The Morgan fingerprint density at radius 1 is 0.971 bits per heavy atom. The minimum atomic E-state index is -3.60. The third-order valence-corrected chi connectivity index (χ3v) is 8.98. The molecule has 2 aromatic carbocycles. The highest BCUT2D eigenvalue weighted by molar-refractivity contribution is 7.88. The second-order valence-electron chi connectivity index (χ2n) is 9.21. The van der Waals surface area contributed by atoms with Gasteiger partial charge in [0.05, 0.1) is 11.7 Å². The quantitative estimate of drug-likeness (QED) is 0.554. The number of amides is 1. The first-order chi connectivity index (χ1) is 16.3. The molecule has 4 rings (SSSR count). The lowest BCUT2D eigenvalue weighted by Gasteiger charge is -2.31. The van der Waals surface area contributed by atoms with E-state index in [4.69, 9.17) is 23.2 Å². The molecule has 2 saturated heterocycles. The van der Waals surface area contributed by atoms with E-state index in [0.29, 0.717) is 41.5 Å². The van der Waals surface area contributed by atoms with Crippen LogP contribution in [-0.4, -0.2) is 49.7 Å². The Balaban J connectivity index is 1.29. The van der Waals surface area contributed by atoms with Gasteiger partial charge in [-0.1, -0.05) is 53.5 Å². The van der Waals surface area contributed by atoms with Gasteiger partial charge in [-0.15, -0.1) is 0 Å². The van der Waals surface area contributed by atoms with E-state index in [-0.39, 0.29) is 24.1 Å². The lowest BCUT2D eigenvalue weighted by atomic mass is 9.98. The summed E-state index contributed by atoms with van der Waals surface area (Å²) >= 11 is 12.1. The number of hydrogen-bond acceptors (Lipinski definition) is 4. The normalized spacial score (nSPS) is 19.9. The van der Waals surface area contributed by atoms with Crippen LogP contribution >= 0.6 is 23.2 Å².